The van der Waals surface area contributed by atoms with Gasteiger partial charge in [-0.25, -0.2) is 0 Å². The Morgan fingerprint density at radius 1 is 1.32 bits per heavy atom. The van der Waals surface area contributed by atoms with E-state index in [0.717, 1.165) is 5.56 Å². The van der Waals surface area contributed by atoms with Crippen molar-refractivity contribution in [3.05, 3.63) is 48.6 Å². The lowest BCUT2D eigenvalue weighted by Crippen LogP contribution is -2.51. The summed E-state index contributed by atoms with van der Waals surface area (Å²) >= 11 is 17.0. The Morgan fingerprint density at radius 2 is 2.00 bits per heavy atom. The monoisotopic (exact) mass is 449 g/mol. The number of nitrogens with one attached hydrogen (secondary N) is 1. The largest absolute Gasteiger partial charge is 0.368 e. The summed E-state index contributed by atoms with van der Waals surface area (Å²) in [7, 11) is 0. The van der Waals surface area contributed by atoms with E-state index >= 15 is 0 Å². The average Bonchev–Trinajstić information content (AvgIpc) is 3.09. The summed E-state index contributed by atoms with van der Waals surface area (Å²) < 4.78 is 21.8. The van der Waals surface area contributed by atoms with Crippen molar-refractivity contribution in [2.45, 2.75) is 60.7 Å². The second-order valence-corrected chi connectivity index (χ2v) is 9.34. The molecule has 2 fully saturated rings. The predicted octanol–water partition coefficient (Wildman–Crippen LogP) is 3.49. The van der Waals surface area contributed by atoms with E-state index in [1.807, 2.05) is 30.3 Å². The first-order chi connectivity index (χ1) is 13.1. The highest BCUT2D eigenvalue weighted by Gasteiger charge is 2.57. The third-order valence-corrected chi connectivity index (χ3v) is 4.99. The first kappa shape index (κ1) is 21.8. The zero-order valence-electron chi connectivity index (χ0n) is 15.4. The van der Waals surface area contributed by atoms with E-state index in [9.17, 15) is 4.79 Å². The van der Waals surface area contributed by atoms with Crippen LogP contribution in [0.2, 0.25) is 0 Å². The van der Waals surface area contributed by atoms with Crippen LogP contribution in [0.15, 0.2) is 43.0 Å². The number of fused-ring (bicyclic) bond motifs is 1. The number of carbonyl (C=O) groups is 1. The van der Waals surface area contributed by atoms with Gasteiger partial charge in [-0.15, -0.1) is 6.58 Å². The third kappa shape index (κ3) is 5.00. The number of alkyl halides is 3. The topological polar surface area (TPSA) is 66.0 Å². The maximum Gasteiger partial charge on any atom is 0.272 e. The van der Waals surface area contributed by atoms with E-state index in [0.29, 0.717) is 6.61 Å². The minimum absolute atomic E-state index is 0.334. The molecule has 1 aromatic rings. The van der Waals surface area contributed by atoms with Crippen LogP contribution in [0.3, 0.4) is 0 Å². The number of amides is 1. The highest BCUT2D eigenvalue weighted by Crippen LogP contribution is 2.40. The maximum atomic E-state index is 12.1. The minimum Gasteiger partial charge on any atom is -0.368 e. The zero-order chi connectivity index (χ0) is 20.5. The van der Waals surface area contributed by atoms with E-state index in [1.165, 1.54) is 6.08 Å². The highest BCUT2D eigenvalue weighted by atomic mass is 35.6. The molecule has 5 atom stereocenters. The summed E-state index contributed by atoms with van der Waals surface area (Å²) in [5.74, 6) is -1.59. The van der Waals surface area contributed by atoms with Crippen LogP contribution in [0.1, 0.15) is 19.4 Å². The van der Waals surface area contributed by atoms with Crippen LogP contribution in [0, 0.1) is 0 Å². The van der Waals surface area contributed by atoms with Crippen LogP contribution in [-0.4, -0.2) is 46.1 Å². The number of benzene rings is 1. The van der Waals surface area contributed by atoms with E-state index in [2.05, 4.69) is 11.9 Å². The second-order valence-electron chi connectivity index (χ2n) is 7.06. The molecule has 1 amide bonds. The van der Waals surface area contributed by atoms with Crippen molar-refractivity contribution in [1.82, 2.24) is 5.32 Å². The first-order valence-corrected chi connectivity index (χ1v) is 9.91. The summed E-state index contributed by atoms with van der Waals surface area (Å²) in [6.45, 7) is 7.69. The summed E-state index contributed by atoms with van der Waals surface area (Å²) in [5.41, 5.74) is 0.989. The van der Waals surface area contributed by atoms with Gasteiger partial charge in [-0.1, -0.05) is 71.2 Å². The lowest BCUT2D eigenvalue weighted by molar-refractivity contribution is -0.221. The maximum absolute atomic E-state index is 12.1. The summed E-state index contributed by atoms with van der Waals surface area (Å²) in [4.78, 5) is 12.1. The molecule has 0 aliphatic carbocycles. The van der Waals surface area contributed by atoms with E-state index < -0.39 is 46.1 Å². The molecule has 0 spiro atoms. The van der Waals surface area contributed by atoms with Crippen molar-refractivity contribution in [2.24, 2.45) is 0 Å². The molecule has 2 saturated heterocycles. The number of hydrogen-bond donors (Lipinski definition) is 1. The molecule has 154 valence electrons. The van der Waals surface area contributed by atoms with Crippen LogP contribution in [0.4, 0.5) is 0 Å². The minimum atomic E-state index is -2.11. The molecule has 9 heteroatoms. The van der Waals surface area contributed by atoms with Crippen molar-refractivity contribution in [2.75, 3.05) is 0 Å². The normalized spacial score (nSPS) is 29.9. The molecular formula is C19H22Cl3NO5. The van der Waals surface area contributed by atoms with Gasteiger partial charge in [0.1, 0.15) is 18.3 Å². The number of ether oxygens (including phenoxy) is 4. The number of hydrogen-bond acceptors (Lipinski definition) is 5. The molecule has 0 unspecified atom stereocenters. The SMILES string of the molecule is C=C[C@@H](NC(=O)C(Cl)(Cl)Cl)[C@H]1O[C@@H]2OC(C)(C)O[C@@H]2[C@H]1OCc1ccccc1. The van der Waals surface area contributed by atoms with Gasteiger partial charge >= 0.3 is 0 Å². The Labute approximate surface area is 179 Å². The molecule has 0 radical (unpaired) electrons. The summed E-state index contributed by atoms with van der Waals surface area (Å²) in [5, 5.41) is 2.62. The van der Waals surface area contributed by atoms with Crippen molar-refractivity contribution >= 4 is 40.7 Å². The van der Waals surface area contributed by atoms with Crippen molar-refractivity contribution in [1.29, 1.82) is 0 Å². The molecule has 0 saturated carbocycles. The number of rotatable bonds is 6. The molecule has 3 rings (SSSR count). The van der Waals surface area contributed by atoms with Crippen LogP contribution in [0.5, 0.6) is 0 Å². The fourth-order valence-electron chi connectivity index (χ4n) is 3.26. The fourth-order valence-corrected chi connectivity index (χ4v) is 3.42. The summed E-state index contributed by atoms with van der Waals surface area (Å²) in [6, 6.07) is 9.01. The van der Waals surface area contributed by atoms with Gasteiger partial charge in [-0.2, -0.15) is 0 Å². The number of halogens is 3. The van der Waals surface area contributed by atoms with Gasteiger partial charge in [-0.3, -0.25) is 4.79 Å². The molecule has 1 N–H and O–H groups in total. The molecule has 28 heavy (non-hydrogen) atoms. The van der Waals surface area contributed by atoms with Crippen LogP contribution in [0.25, 0.3) is 0 Å². The van der Waals surface area contributed by atoms with Gasteiger partial charge < -0.3 is 24.3 Å². The van der Waals surface area contributed by atoms with Crippen LogP contribution in [-0.2, 0) is 30.3 Å². The van der Waals surface area contributed by atoms with Gasteiger partial charge in [-0.05, 0) is 19.4 Å². The molecule has 2 heterocycles. The zero-order valence-corrected chi connectivity index (χ0v) is 17.7. The molecule has 2 aliphatic heterocycles. The molecule has 0 bridgehead atoms. The Kier molecular flexibility index (Phi) is 6.61. The lowest BCUT2D eigenvalue weighted by atomic mass is 10.0. The highest BCUT2D eigenvalue weighted by molar-refractivity contribution is 6.76. The fraction of sp³-hybridized carbons (Fsp3) is 0.526. The van der Waals surface area contributed by atoms with Gasteiger partial charge in [0.15, 0.2) is 12.1 Å². The molecule has 1 aromatic carbocycles. The predicted molar refractivity (Wildman–Crippen MR) is 106 cm³/mol. The van der Waals surface area contributed by atoms with Crippen molar-refractivity contribution in [3.63, 3.8) is 0 Å². The Bertz CT molecular complexity index is 709. The lowest BCUT2D eigenvalue weighted by Gasteiger charge is -2.30. The quantitative estimate of drug-likeness (QED) is 0.531. The molecule has 0 aromatic heterocycles. The van der Waals surface area contributed by atoms with E-state index in [1.54, 1.807) is 13.8 Å². The van der Waals surface area contributed by atoms with Gasteiger partial charge in [0.2, 0.25) is 0 Å². The van der Waals surface area contributed by atoms with Gasteiger partial charge in [0, 0.05) is 0 Å². The van der Waals surface area contributed by atoms with Gasteiger partial charge in [0.05, 0.1) is 12.6 Å². The van der Waals surface area contributed by atoms with Crippen LogP contribution >= 0.6 is 34.8 Å². The van der Waals surface area contributed by atoms with Gasteiger partial charge in [0.25, 0.3) is 9.70 Å². The Hall–Kier alpha value is -0.860. The standard InChI is InChI=1S/C19H22Cl3NO5/c1-4-12(23-17(24)19(20,21)22)13-14(25-10-11-8-6-5-7-9-11)15-16(26-13)28-18(2,3)27-15/h4-9,12-16H,1,10H2,2-3H3,(H,23,24)/t12-,13-,14+,15-,16-/m1/s1. The van der Waals surface area contributed by atoms with E-state index in [-0.39, 0.29) is 0 Å². The molecular weight excluding hydrogens is 429 g/mol. The third-order valence-electron chi connectivity index (χ3n) is 4.48. The number of carbonyl (C=O) groups excluding carboxylic acids is 1. The van der Waals surface area contributed by atoms with Crippen molar-refractivity contribution in [3.8, 4) is 0 Å². The van der Waals surface area contributed by atoms with Crippen molar-refractivity contribution < 1.29 is 23.7 Å². The Balaban J connectivity index is 1.77. The molecule has 2 aliphatic rings. The first-order valence-electron chi connectivity index (χ1n) is 8.77. The smallest absolute Gasteiger partial charge is 0.272 e. The second kappa shape index (κ2) is 8.48. The average molecular weight is 451 g/mol. The van der Waals surface area contributed by atoms with Crippen LogP contribution < -0.4 is 5.32 Å². The van der Waals surface area contributed by atoms with E-state index in [4.69, 9.17) is 53.8 Å². The Morgan fingerprint density at radius 3 is 2.61 bits per heavy atom. The molecule has 6 nitrogen and oxygen atoms in total. The summed E-state index contributed by atoms with van der Waals surface area (Å²) in [6.07, 6.45) is -0.790.